The number of carbonyl (C=O) groups excluding carboxylic acids is 2. The van der Waals surface area contributed by atoms with Crippen molar-refractivity contribution >= 4 is 17.5 Å². The average Bonchev–Trinajstić information content (AvgIpc) is 3.18. The van der Waals surface area contributed by atoms with Gasteiger partial charge in [0.2, 0.25) is 5.91 Å². The van der Waals surface area contributed by atoms with E-state index in [4.69, 9.17) is 4.74 Å². The highest BCUT2D eigenvalue weighted by atomic mass is 16.5. The number of fused-ring (bicyclic) bond motifs is 1. The van der Waals surface area contributed by atoms with Gasteiger partial charge in [0.15, 0.2) is 0 Å². The van der Waals surface area contributed by atoms with Crippen LogP contribution in [-0.2, 0) is 4.79 Å². The van der Waals surface area contributed by atoms with Crippen molar-refractivity contribution in [1.29, 1.82) is 0 Å². The fraction of sp³-hybridized carbons (Fsp3) is 0.227. The molecule has 29 heavy (non-hydrogen) atoms. The summed E-state index contributed by atoms with van der Waals surface area (Å²) in [6.07, 6.45) is 1.78. The molecule has 1 aromatic heterocycles. The van der Waals surface area contributed by atoms with Crippen LogP contribution in [0.4, 0.5) is 5.69 Å². The minimum Gasteiger partial charge on any atom is -0.497 e. The summed E-state index contributed by atoms with van der Waals surface area (Å²) in [5.41, 5.74) is 3.19. The Kier molecular flexibility index (Phi) is 5.03. The molecule has 0 fully saturated rings. The zero-order valence-corrected chi connectivity index (χ0v) is 16.3. The van der Waals surface area contributed by atoms with Crippen molar-refractivity contribution in [2.75, 3.05) is 19.0 Å². The number of amides is 2. The lowest BCUT2D eigenvalue weighted by atomic mass is 10.1. The molecule has 0 aliphatic carbocycles. The van der Waals surface area contributed by atoms with E-state index < -0.39 is 0 Å². The van der Waals surface area contributed by atoms with Gasteiger partial charge in [0, 0.05) is 24.2 Å². The molecule has 0 saturated heterocycles. The first kappa shape index (κ1) is 18.7. The van der Waals surface area contributed by atoms with Gasteiger partial charge in [0.25, 0.3) is 5.91 Å². The van der Waals surface area contributed by atoms with Crippen LogP contribution in [0, 0.1) is 6.92 Å². The Balaban J connectivity index is 1.59. The lowest BCUT2D eigenvalue weighted by Crippen LogP contribution is -2.40. The molecule has 0 bridgehead atoms. The molecule has 1 unspecified atom stereocenters. The molecule has 0 saturated carbocycles. The van der Waals surface area contributed by atoms with E-state index in [9.17, 15) is 9.59 Å². The molecular weight excluding hydrogens is 368 g/mol. The van der Waals surface area contributed by atoms with E-state index in [2.05, 4.69) is 15.6 Å². The fourth-order valence-electron chi connectivity index (χ4n) is 3.47. The van der Waals surface area contributed by atoms with Crippen LogP contribution >= 0.6 is 0 Å². The van der Waals surface area contributed by atoms with E-state index in [0.29, 0.717) is 18.1 Å². The fourth-order valence-corrected chi connectivity index (χ4v) is 3.47. The number of aromatic nitrogens is 2. The van der Waals surface area contributed by atoms with Crippen molar-refractivity contribution in [3.63, 3.8) is 0 Å². The molecule has 2 amide bonds. The first-order valence-corrected chi connectivity index (χ1v) is 9.41. The van der Waals surface area contributed by atoms with Crippen LogP contribution in [0.5, 0.6) is 5.75 Å². The van der Waals surface area contributed by atoms with Crippen LogP contribution in [0.3, 0.4) is 0 Å². The molecule has 7 heteroatoms. The topological polar surface area (TPSA) is 85.2 Å². The van der Waals surface area contributed by atoms with Gasteiger partial charge in [0.05, 0.1) is 19.3 Å². The van der Waals surface area contributed by atoms with E-state index in [1.807, 2.05) is 60.0 Å². The number of nitrogens with one attached hydrogen (secondary N) is 2. The zero-order chi connectivity index (χ0) is 20.4. The Bertz CT molecular complexity index is 1040. The summed E-state index contributed by atoms with van der Waals surface area (Å²) in [5.74, 6) is 1.10. The smallest absolute Gasteiger partial charge is 0.269 e. The minimum absolute atomic E-state index is 0.115. The number of anilines is 1. The van der Waals surface area contributed by atoms with Crippen LogP contribution < -0.4 is 15.4 Å². The Morgan fingerprint density at radius 1 is 1.21 bits per heavy atom. The first-order valence-electron chi connectivity index (χ1n) is 9.41. The summed E-state index contributed by atoms with van der Waals surface area (Å²) in [6.45, 7) is 2.37. The van der Waals surface area contributed by atoms with Crippen molar-refractivity contribution in [1.82, 2.24) is 14.9 Å². The molecule has 148 valence electrons. The SMILES string of the molecule is COc1ccc(-c2ncc3n2C(CC(=O)Nc2ccc(C)cc2)CNC3=O)cc1. The molecule has 1 aliphatic rings. The summed E-state index contributed by atoms with van der Waals surface area (Å²) in [6, 6.07) is 14.9. The molecular formula is C22H22N4O3. The van der Waals surface area contributed by atoms with Crippen LogP contribution in [0.25, 0.3) is 11.4 Å². The molecule has 0 spiro atoms. The third-order valence-electron chi connectivity index (χ3n) is 5.00. The van der Waals surface area contributed by atoms with Gasteiger partial charge < -0.3 is 19.9 Å². The maximum Gasteiger partial charge on any atom is 0.269 e. The second-order valence-corrected chi connectivity index (χ2v) is 7.05. The van der Waals surface area contributed by atoms with Gasteiger partial charge in [-0.3, -0.25) is 9.59 Å². The van der Waals surface area contributed by atoms with Gasteiger partial charge in [-0.1, -0.05) is 17.7 Å². The summed E-state index contributed by atoms with van der Waals surface area (Å²) < 4.78 is 7.07. The minimum atomic E-state index is -0.229. The molecule has 4 rings (SSSR count). The van der Waals surface area contributed by atoms with Crippen LogP contribution in [0.1, 0.15) is 28.5 Å². The predicted molar refractivity (Wildman–Crippen MR) is 110 cm³/mol. The van der Waals surface area contributed by atoms with Gasteiger partial charge >= 0.3 is 0 Å². The zero-order valence-electron chi connectivity index (χ0n) is 16.3. The molecule has 1 atom stereocenters. The number of benzene rings is 2. The molecule has 2 heterocycles. The monoisotopic (exact) mass is 390 g/mol. The Morgan fingerprint density at radius 2 is 1.93 bits per heavy atom. The third kappa shape index (κ3) is 3.85. The average molecular weight is 390 g/mol. The first-order chi connectivity index (χ1) is 14.0. The summed E-state index contributed by atoms with van der Waals surface area (Å²) in [7, 11) is 1.61. The number of nitrogens with zero attached hydrogens (tertiary/aromatic N) is 2. The number of methoxy groups -OCH3 is 1. The Labute approximate surface area is 168 Å². The van der Waals surface area contributed by atoms with Crippen molar-refractivity contribution in [2.45, 2.75) is 19.4 Å². The number of aryl methyl sites for hydroxylation is 1. The van der Waals surface area contributed by atoms with Gasteiger partial charge in [-0.2, -0.15) is 0 Å². The summed E-state index contributed by atoms with van der Waals surface area (Å²) in [5, 5.41) is 5.77. The molecule has 7 nitrogen and oxygen atoms in total. The van der Waals surface area contributed by atoms with E-state index in [1.165, 1.54) is 0 Å². The van der Waals surface area contributed by atoms with Gasteiger partial charge in [-0.05, 0) is 43.3 Å². The standard InChI is InChI=1S/C22H22N4O3/c1-14-3-7-16(8-4-14)25-20(27)11-17-12-24-22(28)19-13-23-21(26(17)19)15-5-9-18(29-2)10-6-15/h3-10,13,17H,11-12H2,1-2H3,(H,24,28)(H,25,27). The van der Waals surface area contributed by atoms with E-state index in [0.717, 1.165) is 22.6 Å². The van der Waals surface area contributed by atoms with Gasteiger partial charge in [0.1, 0.15) is 17.3 Å². The number of rotatable bonds is 5. The maximum absolute atomic E-state index is 12.6. The van der Waals surface area contributed by atoms with Crippen molar-refractivity contribution in [3.8, 4) is 17.1 Å². The normalized spacial score (nSPS) is 15.4. The molecule has 1 aliphatic heterocycles. The lowest BCUT2D eigenvalue weighted by Gasteiger charge is -2.27. The van der Waals surface area contributed by atoms with E-state index in [1.54, 1.807) is 13.3 Å². The van der Waals surface area contributed by atoms with Gasteiger partial charge in [-0.15, -0.1) is 0 Å². The largest absolute Gasteiger partial charge is 0.497 e. The number of ether oxygens (including phenoxy) is 1. The quantitative estimate of drug-likeness (QED) is 0.701. The Hall–Kier alpha value is -3.61. The third-order valence-corrected chi connectivity index (χ3v) is 5.00. The van der Waals surface area contributed by atoms with Crippen LogP contribution in [-0.4, -0.2) is 35.0 Å². The molecule has 3 aromatic rings. The Morgan fingerprint density at radius 3 is 2.62 bits per heavy atom. The second-order valence-electron chi connectivity index (χ2n) is 7.05. The molecule has 0 radical (unpaired) electrons. The highest BCUT2D eigenvalue weighted by Crippen LogP contribution is 2.29. The highest BCUT2D eigenvalue weighted by Gasteiger charge is 2.30. The summed E-state index contributed by atoms with van der Waals surface area (Å²) >= 11 is 0. The van der Waals surface area contributed by atoms with Crippen molar-refractivity contribution < 1.29 is 14.3 Å². The lowest BCUT2D eigenvalue weighted by molar-refractivity contribution is -0.117. The van der Waals surface area contributed by atoms with Crippen LogP contribution in [0.2, 0.25) is 0 Å². The molecule has 2 N–H and O–H groups in total. The second kappa shape index (κ2) is 7.79. The maximum atomic E-state index is 12.6. The highest BCUT2D eigenvalue weighted by molar-refractivity contribution is 5.95. The number of hydrogen-bond acceptors (Lipinski definition) is 4. The summed E-state index contributed by atoms with van der Waals surface area (Å²) in [4.78, 5) is 29.4. The van der Waals surface area contributed by atoms with E-state index >= 15 is 0 Å². The van der Waals surface area contributed by atoms with Crippen molar-refractivity contribution in [2.24, 2.45) is 0 Å². The van der Waals surface area contributed by atoms with Crippen LogP contribution in [0.15, 0.2) is 54.7 Å². The van der Waals surface area contributed by atoms with Gasteiger partial charge in [-0.25, -0.2) is 4.98 Å². The number of imidazole rings is 1. The van der Waals surface area contributed by atoms with E-state index in [-0.39, 0.29) is 24.3 Å². The van der Waals surface area contributed by atoms with Crippen molar-refractivity contribution in [3.05, 3.63) is 66.0 Å². The predicted octanol–water partition coefficient (Wildman–Crippen LogP) is 3.18. The number of hydrogen-bond donors (Lipinski definition) is 2. The number of carbonyl (C=O) groups is 2. The molecule has 2 aromatic carbocycles.